The van der Waals surface area contributed by atoms with Crippen molar-refractivity contribution in [3.05, 3.63) is 64.7 Å². The number of aliphatic hydroxyl groups excluding tert-OH is 1. The summed E-state index contributed by atoms with van der Waals surface area (Å²) >= 11 is 6.23. The molecule has 1 aliphatic rings. The van der Waals surface area contributed by atoms with Crippen LogP contribution in [0.15, 0.2) is 42.5 Å². The Bertz CT molecular complexity index is 1180. The number of methoxy groups -OCH3 is 2. The van der Waals surface area contributed by atoms with E-state index >= 15 is 0 Å². The van der Waals surface area contributed by atoms with Crippen molar-refractivity contribution < 1.29 is 33.6 Å². The summed E-state index contributed by atoms with van der Waals surface area (Å²) in [5.74, 6) is 0.613. The Hall–Kier alpha value is -3.09. The fourth-order valence-corrected chi connectivity index (χ4v) is 4.01. The average molecular weight is 623 g/mol. The molecule has 2 N–H and O–H groups in total. The summed E-state index contributed by atoms with van der Waals surface area (Å²) in [5, 5.41) is 20.2. The van der Waals surface area contributed by atoms with E-state index in [0.717, 1.165) is 16.8 Å². The summed E-state index contributed by atoms with van der Waals surface area (Å²) in [7, 11) is 3.32. The highest BCUT2D eigenvalue weighted by molar-refractivity contribution is 6.30. The topological polar surface area (TPSA) is 134 Å². The Morgan fingerprint density at radius 1 is 1.30 bits per heavy atom. The lowest BCUT2D eigenvalue weighted by Gasteiger charge is -2.28. The molecule has 11 nitrogen and oxygen atoms in total. The van der Waals surface area contributed by atoms with Gasteiger partial charge in [-0.25, -0.2) is 0 Å². The number of carbonyl (C=O) groups is 2. The first kappa shape index (κ1) is 37.9. The Labute approximate surface area is 260 Å². The van der Waals surface area contributed by atoms with Crippen molar-refractivity contribution in [2.45, 2.75) is 78.2 Å². The lowest BCUT2D eigenvalue weighted by molar-refractivity contribution is -0.148. The predicted molar refractivity (Wildman–Crippen MR) is 166 cm³/mol. The van der Waals surface area contributed by atoms with Crippen molar-refractivity contribution >= 4 is 24.0 Å². The molecular formula is C31H47ClN4O7. The van der Waals surface area contributed by atoms with Crippen LogP contribution in [0, 0.1) is 0 Å². The van der Waals surface area contributed by atoms with Crippen LogP contribution >= 0.6 is 11.6 Å². The molecule has 12 heteroatoms. The number of amides is 1. The Balaban J connectivity index is 0.000000548. The van der Waals surface area contributed by atoms with E-state index in [4.69, 9.17) is 35.7 Å². The van der Waals surface area contributed by atoms with E-state index in [2.05, 4.69) is 22.1 Å². The van der Waals surface area contributed by atoms with Crippen LogP contribution in [0.5, 0.6) is 0 Å². The predicted octanol–water partition coefficient (Wildman–Crippen LogP) is 4.68. The Morgan fingerprint density at radius 3 is 2.51 bits per heavy atom. The van der Waals surface area contributed by atoms with E-state index in [-0.39, 0.29) is 43.9 Å². The Kier molecular flexibility index (Phi) is 17.6. The van der Waals surface area contributed by atoms with Crippen molar-refractivity contribution in [1.29, 1.82) is 0 Å². The van der Waals surface area contributed by atoms with Crippen LogP contribution in [-0.2, 0) is 41.5 Å². The van der Waals surface area contributed by atoms with Crippen LogP contribution in [0.2, 0.25) is 5.02 Å². The summed E-state index contributed by atoms with van der Waals surface area (Å²) in [5.41, 5.74) is 2.75. The molecule has 0 spiro atoms. The third kappa shape index (κ3) is 13.4. The summed E-state index contributed by atoms with van der Waals surface area (Å²) in [4.78, 5) is 23.0. The van der Waals surface area contributed by atoms with Gasteiger partial charge in [0.1, 0.15) is 6.10 Å². The van der Waals surface area contributed by atoms with Crippen molar-refractivity contribution in [1.82, 2.24) is 20.1 Å². The summed E-state index contributed by atoms with van der Waals surface area (Å²) in [6, 6.07) is 5.54. The molecule has 1 aromatic heterocycles. The molecule has 1 aromatic carbocycles. The van der Waals surface area contributed by atoms with Crippen LogP contribution < -0.4 is 5.32 Å². The first-order chi connectivity index (χ1) is 20.5. The number of nitrogens with zero attached hydrogens (tertiary/aromatic N) is 3. The molecule has 0 saturated heterocycles. The number of rotatable bonds is 11. The summed E-state index contributed by atoms with van der Waals surface area (Å²) < 4.78 is 22.9. The van der Waals surface area contributed by atoms with Gasteiger partial charge in [0.05, 0.1) is 50.2 Å². The van der Waals surface area contributed by atoms with Gasteiger partial charge in [-0.2, -0.15) is 0 Å². The number of allylic oxidation sites excluding steroid dienone is 1. The third-order valence-corrected chi connectivity index (χ3v) is 6.35. The van der Waals surface area contributed by atoms with Crippen LogP contribution in [0.4, 0.5) is 0 Å². The van der Waals surface area contributed by atoms with E-state index in [9.17, 15) is 9.59 Å². The van der Waals surface area contributed by atoms with E-state index in [1.807, 2.05) is 50.5 Å². The van der Waals surface area contributed by atoms with Crippen molar-refractivity contribution in [3.63, 3.8) is 0 Å². The molecule has 0 radical (unpaired) electrons. The molecule has 240 valence electrons. The SMILES string of the molecule is C/C=C(\CO)COC.C=CCC1Cc2cc(Cl)ccc2-n2c(CNC=O)nnc2C(CC(=O)OCC)O1.COC(C)(C)C. The number of aromatic nitrogens is 3. The van der Waals surface area contributed by atoms with Gasteiger partial charge in [0.2, 0.25) is 6.41 Å². The molecule has 43 heavy (non-hydrogen) atoms. The standard InChI is InChI=1S/C20H23ClN4O4.C6H12O2.C5H12O/c1-3-5-15-9-13-8-14(21)6-7-16(13)25-18(11-22-12-26)23-24-20(25)17(29-15)10-19(27)28-4-2;1-3-6(4-7)5-8-2;1-5(2,3)6-4/h3,6-8,12,15,17H,1,4-5,9-11H2,2H3,(H,22,26);3,7H,4-5H2,1-2H3;1-4H3/b;6-3+;. The third-order valence-electron chi connectivity index (χ3n) is 6.11. The largest absolute Gasteiger partial charge is 0.466 e. The summed E-state index contributed by atoms with van der Waals surface area (Å²) in [6.45, 7) is 14.6. The van der Waals surface area contributed by atoms with Crippen LogP contribution in [0.3, 0.4) is 0 Å². The van der Waals surface area contributed by atoms with E-state index in [1.165, 1.54) is 0 Å². The molecule has 0 fully saturated rings. The van der Waals surface area contributed by atoms with Crippen molar-refractivity contribution in [3.8, 4) is 5.69 Å². The maximum absolute atomic E-state index is 12.2. The molecule has 3 rings (SSSR count). The fraction of sp³-hybridized carbons (Fsp3) is 0.548. The van der Waals surface area contributed by atoms with Gasteiger partial charge < -0.3 is 29.4 Å². The quantitative estimate of drug-likeness (QED) is 0.208. The molecule has 2 heterocycles. The number of esters is 1. The molecule has 2 aromatic rings. The van der Waals surface area contributed by atoms with Gasteiger partial charge in [-0.3, -0.25) is 14.2 Å². The first-order valence-electron chi connectivity index (χ1n) is 14.1. The molecule has 2 unspecified atom stereocenters. The van der Waals surface area contributed by atoms with E-state index < -0.39 is 6.10 Å². The first-order valence-corrected chi connectivity index (χ1v) is 14.5. The van der Waals surface area contributed by atoms with Gasteiger partial charge in [-0.15, -0.1) is 16.8 Å². The highest BCUT2D eigenvalue weighted by Gasteiger charge is 2.32. The van der Waals surface area contributed by atoms with Crippen molar-refractivity contribution in [2.24, 2.45) is 0 Å². The Morgan fingerprint density at radius 2 is 2.00 bits per heavy atom. The highest BCUT2D eigenvalue weighted by Crippen LogP contribution is 2.33. The zero-order valence-electron chi connectivity index (χ0n) is 26.4. The number of halogens is 1. The molecule has 2 atom stereocenters. The van der Waals surface area contributed by atoms with Gasteiger partial charge in [0.15, 0.2) is 11.6 Å². The number of benzene rings is 1. The highest BCUT2D eigenvalue weighted by atomic mass is 35.5. The van der Waals surface area contributed by atoms with Crippen molar-refractivity contribution in [2.75, 3.05) is 34.0 Å². The number of nitrogens with one attached hydrogen (secondary N) is 1. The van der Waals surface area contributed by atoms with Gasteiger partial charge in [-0.05, 0) is 70.4 Å². The molecule has 1 amide bonds. The number of ether oxygens (including phenoxy) is 4. The second kappa shape index (κ2) is 20.0. The minimum atomic E-state index is -0.652. The van der Waals surface area contributed by atoms with Gasteiger partial charge in [-0.1, -0.05) is 23.8 Å². The van der Waals surface area contributed by atoms with Gasteiger partial charge >= 0.3 is 5.97 Å². The normalized spacial score (nSPS) is 16.1. The second-order valence-corrected chi connectivity index (χ2v) is 10.9. The summed E-state index contributed by atoms with van der Waals surface area (Å²) in [6.07, 6.45) is 4.53. The number of hydrogen-bond acceptors (Lipinski definition) is 9. The molecule has 0 bridgehead atoms. The number of fused-ring (bicyclic) bond motifs is 3. The number of hydrogen-bond donors (Lipinski definition) is 2. The average Bonchev–Trinajstić information content (AvgIpc) is 3.37. The number of aliphatic hydroxyl groups is 1. The zero-order chi connectivity index (χ0) is 32.4. The second-order valence-electron chi connectivity index (χ2n) is 10.4. The monoisotopic (exact) mass is 622 g/mol. The fourth-order valence-electron chi connectivity index (χ4n) is 3.81. The molecule has 0 aliphatic carbocycles. The lowest BCUT2D eigenvalue weighted by Crippen LogP contribution is -2.28. The zero-order valence-corrected chi connectivity index (χ0v) is 27.1. The lowest BCUT2D eigenvalue weighted by atomic mass is 10.0. The van der Waals surface area contributed by atoms with Crippen LogP contribution in [-0.4, -0.2) is 78.0 Å². The molecule has 0 saturated carbocycles. The number of carbonyl (C=O) groups excluding carboxylic acids is 2. The van der Waals surface area contributed by atoms with Gasteiger partial charge in [0.25, 0.3) is 0 Å². The minimum absolute atomic E-state index is 0.00362. The minimum Gasteiger partial charge on any atom is -0.466 e. The smallest absolute Gasteiger partial charge is 0.308 e. The molecular weight excluding hydrogens is 576 g/mol. The maximum atomic E-state index is 12.2. The maximum Gasteiger partial charge on any atom is 0.308 e. The molecule has 1 aliphatic heterocycles. The van der Waals surface area contributed by atoms with Crippen LogP contribution in [0.1, 0.15) is 70.8 Å². The van der Waals surface area contributed by atoms with E-state index in [0.29, 0.717) is 42.5 Å². The van der Waals surface area contributed by atoms with Crippen LogP contribution in [0.25, 0.3) is 5.69 Å². The van der Waals surface area contributed by atoms with Gasteiger partial charge in [0, 0.05) is 25.7 Å². The van der Waals surface area contributed by atoms with E-state index in [1.54, 1.807) is 33.3 Å².